The Morgan fingerprint density at radius 1 is 1.11 bits per heavy atom. The monoisotopic (exact) mass is 503 g/mol. The highest BCUT2D eigenvalue weighted by atomic mass is 16.5. The van der Waals surface area contributed by atoms with Gasteiger partial charge in [0.25, 0.3) is 0 Å². The molecule has 9 heteroatoms. The standard InChI is InChI=1S/C28H33N5O4/c1-36-15-13-33(14-16-37-2)24-12-11-20(18-30-24)22-17-23(28(34)35)32-27(31-21-9-4-3-5-10-21)25(22)26(29)19-7-6-8-19/h3-5,9-12,17-19,29H,6-8,13-16H2,1-2H3,(H,31,32)(H,34,35). The summed E-state index contributed by atoms with van der Waals surface area (Å²) in [7, 11) is 3.32. The second-order valence-electron chi connectivity index (χ2n) is 8.99. The van der Waals surface area contributed by atoms with Gasteiger partial charge in [0.05, 0.1) is 13.2 Å². The van der Waals surface area contributed by atoms with Crippen LogP contribution in [0.4, 0.5) is 17.3 Å². The van der Waals surface area contributed by atoms with Crippen molar-refractivity contribution in [1.29, 1.82) is 5.41 Å². The van der Waals surface area contributed by atoms with Crippen molar-refractivity contribution in [2.45, 2.75) is 19.3 Å². The maximum atomic E-state index is 12.0. The molecule has 0 radical (unpaired) electrons. The largest absolute Gasteiger partial charge is 0.477 e. The van der Waals surface area contributed by atoms with Crippen LogP contribution in [-0.2, 0) is 9.47 Å². The van der Waals surface area contributed by atoms with Gasteiger partial charge in [-0.05, 0) is 48.7 Å². The van der Waals surface area contributed by atoms with Crippen LogP contribution in [0.3, 0.4) is 0 Å². The number of aromatic nitrogens is 2. The van der Waals surface area contributed by atoms with Crippen LogP contribution in [0, 0.1) is 11.3 Å². The number of ether oxygens (including phenoxy) is 2. The molecule has 37 heavy (non-hydrogen) atoms. The molecule has 4 rings (SSSR count). The minimum absolute atomic E-state index is 0.0931. The molecule has 0 unspecified atom stereocenters. The van der Waals surface area contributed by atoms with Crippen LogP contribution in [0.1, 0.15) is 35.3 Å². The number of nitrogens with zero attached hydrogens (tertiary/aromatic N) is 3. The number of benzene rings is 1. The molecule has 2 aromatic heterocycles. The lowest BCUT2D eigenvalue weighted by molar-refractivity contribution is 0.0690. The molecule has 0 amide bonds. The predicted octanol–water partition coefficient (Wildman–Crippen LogP) is 4.85. The van der Waals surface area contributed by atoms with Gasteiger partial charge < -0.3 is 30.2 Å². The summed E-state index contributed by atoms with van der Waals surface area (Å²) in [4.78, 5) is 23.2. The number of methoxy groups -OCH3 is 2. The fourth-order valence-electron chi connectivity index (χ4n) is 4.28. The van der Waals surface area contributed by atoms with Crippen LogP contribution in [0.15, 0.2) is 54.7 Å². The zero-order valence-electron chi connectivity index (χ0n) is 21.2. The number of para-hydroxylation sites is 1. The van der Waals surface area contributed by atoms with Gasteiger partial charge in [0.2, 0.25) is 0 Å². The Labute approximate surface area is 217 Å². The highest BCUT2D eigenvalue weighted by Gasteiger charge is 2.29. The summed E-state index contributed by atoms with van der Waals surface area (Å²) in [5.41, 5.74) is 3.11. The molecule has 0 bridgehead atoms. The minimum Gasteiger partial charge on any atom is -0.477 e. The number of carboxylic acid groups (broad SMARTS) is 1. The molecule has 2 heterocycles. The van der Waals surface area contributed by atoms with Gasteiger partial charge in [-0.2, -0.15) is 0 Å². The predicted molar refractivity (Wildman–Crippen MR) is 144 cm³/mol. The number of hydrogen-bond acceptors (Lipinski definition) is 8. The lowest BCUT2D eigenvalue weighted by Crippen LogP contribution is -2.31. The lowest BCUT2D eigenvalue weighted by atomic mass is 9.78. The van der Waals surface area contributed by atoms with E-state index in [1.54, 1.807) is 26.5 Å². The smallest absolute Gasteiger partial charge is 0.354 e. The average Bonchev–Trinajstić information content (AvgIpc) is 2.88. The van der Waals surface area contributed by atoms with Crippen molar-refractivity contribution in [2.75, 3.05) is 50.7 Å². The van der Waals surface area contributed by atoms with Crippen molar-refractivity contribution < 1.29 is 19.4 Å². The van der Waals surface area contributed by atoms with Crippen molar-refractivity contribution in [3.63, 3.8) is 0 Å². The number of carbonyl (C=O) groups is 1. The molecular weight excluding hydrogens is 470 g/mol. The lowest BCUT2D eigenvalue weighted by Gasteiger charge is -2.29. The Morgan fingerprint density at radius 2 is 1.81 bits per heavy atom. The highest BCUT2D eigenvalue weighted by molar-refractivity contribution is 6.10. The molecule has 3 aromatic rings. The number of pyridine rings is 2. The van der Waals surface area contributed by atoms with E-state index in [1.807, 2.05) is 42.5 Å². The molecule has 0 saturated heterocycles. The van der Waals surface area contributed by atoms with Crippen molar-refractivity contribution in [2.24, 2.45) is 5.92 Å². The van der Waals surface area contributed by atoms with Crippen molar-refractivity contribution in [3.8, 4) is 11.1 Å². The molecule has 9 nitrogen and oxygen atoms in total. The van der Waals surface area contributed by atoms with Crippen LogP contribution < -0.4 is 10.2 Å². The topological polar surface area (TPSA) is 121 Å². The van der Waals surface area contributed by atoms with E-state index in [2.05, 4.69) is 20.2 Å². The average molecular weight is 504 g/mol. The molecule has 0 atom stereocenters. The van der Waals surface area contributed by atoms with Gasteiger partial charge in [0.15, 0.2) is 5.69 Å². The van der Waals surface area contributed by atoms with Gasteiger partial charge in [-0.1, -0.05) is 24.6 Å². The minimum atomic E-state index is -1.13. The van der Waals surface area contributed by atoms with Gasteiger partial charge in [-0.15, -0.1) is 0 Å². The third kappa shape index (κ3) is 6.31. The first-order chi connectivity index (χ1) is 18.0. The van der Waals surface area contributed by atoms with E-state index in [0.29, 0.717) is 49.0 Å². The van der Waals surface area contributed by atoms with E-state index in [9.17, 15) is 9.90 Å². The summed E-state index contributed by atoms with van der Waals surface area (Å²) in [6.45, 7) is 2.42. The molecule has 0 aliphatic heterocycles. The van der Waals surface area contributed by atoms with Gasteiger partial charge in [0.1, 0.15) is 11.6 Å². The van der Waals surface area contributed by atoms with E-state index in [1.165, 1.54) is 0 Å². The molecule has 1 fully saturated rings. The van der Waals surface area contributed by atoms with Gasteiger partial charge in [0, 0.05) is 61.9 Å². The SMILES string of the molecule is COCCN(CCOC)c1ccc(-c2cc(C(=O)O)nc(Nc3ccccc3)c2C(=N)C2CCC2)cn1. The van der Waals surface area contributed by atoms with Crippen LogP contribution in [0.25, 0.3) is 11.1 Å². The Morgan fingerprint density at radius 3 is 2.35 bits per heavy atom. The van der Waals surface area contributed by atoms with Gasteiger partial charge in [-0.25, -0.2) is 14.8 Å². The van der Waals surface area contributed by atoms with Crippen LogP contribution in [0.2, 0.25) is 0 Å². The van der Waals surface area contributed by atoms with E-state index >= 15 is 0 Å². The van der Waals surface area contributed by atoms with Crippen molar-refractivity contribution >= 4 is 29.0 Å². The Bertz CT molecular complexity index is 1210. The summed E-state index contributed by atoms with van der Waals surface area (Å²) >= 11 is 0. The summed E-state index contributed by atoms with van der Waals surface area (Å²) in [5.74, 6) is 0.125. The first-order valence-corrected chi connectivity index (χ1v) is 12.4. The third-order valence-corrected chi connectivity index (χ3v) is 6.57. The Kier molecular flexibility index (Phi) is 8.81. The van der Waals surface area contributed by atoms with Crippen LogP contribution >= 0.6 is 0 Å². The number of carboxylic acids is 1. The second-order valence-corrected chi connectivity index (χ2v) is 8.99. The molecule has 0 spiro atoms. The highest BCUT2D eigenvalue weighted by Crippen LogP contribution is 2.37. The molecule has 1 aliphatic carbocycles. The number of aromatic carboxylic acids is 1. The fourth-order valence-corrected chi connectivity index (χ4v) is 4.28. The van der Waals surface area contributed by atoms with Gasteiger partial charge >= 0.3 is 5.97 Å². The Hall–Kier alpha value is -3.82. The fraction of sp³-hybridized carbons (Fsp3) is 0.357. The molecule has 1 aromatic carbocycles. The number of nitrogens with one attached hydrogen (secondary N) is 2. The van der Waals surface area contributed by atoms with Crippen molar-refractivity contribution in [1.82, 2.24) is 9.97 Å². The summed E-state index contributed by atoms with van der Waals surface area (Å²) < 4.78 is 10.5. The molecule has 194 valence electrons. The zero-order chi connectivity index (χ0) is 26.2. The van der Waals surface area contributed by atoms with E-state index in [-0.39, 0.29) is 11.6 Å². The maximum Gasteiger partial charge on any atom is 0.354 e. The van der Waals surface area contributed by atoms with Gasteiger partial charge in [-0.3, -0.25) is 0 Å². The number of hydrogen-bond donors (Lipinski definition) is 3. The quantitative estimate of drug-likeness (QED) is 0.283. The van der Waals surface area contributed by atoms with Crippen LogP contribution in [0.5, 0.6) is 0 Å². The number of anilines is 3. The Balaban J connectivity index is 1.78. The molecule has 1 saturated carbocycles. The van der Waals surface area contributed by atoms with Crippen LogP contribution in [-0.4, -0.2) is 67.3 Å². The molecular formula is C28H33N5O4. The molecule has 3 N–H and O–H groups in total. The summed E-state index contributed by atoms with van der Waals surface area (Å²) in [5, 5.41) is 22.1. The van der Waals surface area contributed by atoms with Crippen molar-refractivity contribution in [3.05, 3.63) is 66.0 Å². The first-order valence-electron chi connectivity index (χ1n) is 12.4. The summed E-state index contributed by atoms with van der Waals surface area (Å²) in [6.07, 6.45) is 4.69. The van der Waals surface area contributed by atoms with E-state index in [0.717, 1.165) is 36.3 Å². The number of rotatable bonds is 13. The zero-order valence-corrected chi connectivity index (χ0v) is 21.2. The first kappa shape index (κ1) is 26.2. The van der Waals surface area contributed by atoms with E-state index < -0.39 is 5.97 Å². The van der Waals surface area contributed by atoms with E-state index in [4.69, 9.17) is 14.9 Å². The third-order valence-electron chi connectivity index (χ3n) is 6.57. The normalized spacial score (nSPS) is 13.1. The second kappa shape index (κ2) is 12.4. The summed E-state index contributed by atoms with van der Waals surface area (Å²) in [6, 6.07) is 14.8. The maximum absolute atomic E-state index is 12.0. The molecule has 1 aliphatic rings.